The average Bonchev–Trinajstić information content (AvgIpc) is 2.74. The molecule has 0 aromatic rings. The van der Waals surface area contributed by atoms with Crippen molar-refractivity contribution in [3.8, 4) is 0 Å². The van der Waals surface area contributed by atoms with Gasteiger partial charge < -0.3 is 20.5 Å². The molecule has 3 atom stereocenters. The predicted octanol–water partition coefficient (Wildman–Crippen LogP) is 1.26. The van der Waals surface area contributed by atoms with Crippen molar-refractivity contribution >= 4 is 12.0 Å². The molecule has 1 aliphatic carbocycles. The van der Waals surface area contributed by atoms with Crippen LogP contribution in [0.1, 0.15) is 26.2 Å². The highest BCUT2D eigenvalue weighted by Gasteiger charge is 2.58. The number of carbonyl (C=O) groups is 2. The molecule has 6 nitrogen and oxygen atoms in total. The van der Waals surface area contributed by atoms with Crippen molar-refractivity contribution < 1.29 is 32.6 Å². The van der Waals surface area contributed by atoms with Crippen molar-refractivity contribution in [1.82, 2.24) is 10.6 Å². The second kappa shape index (κ2) is 5.86. The normalized spacial score (nSPS) is 25.9. The van der Waals surface area contributed by atoms with Crippen molar-refractivity contribution in [2.45, 2.75) is 50.0 Å². The molecule has 20 heavy (non-hydrogen) atoms. The lowest BCUT2D eigenvalue weighted by atomic mass is 10.0. The van der Waals surface area contributed by atoms with Gasteiger partial charge >= 0.3 is 18.2 Å². The van der Waals surface area contributed by atoms with Crippen molar-refractivity contribution in [3.05, 3.63) is 0 Å². The summed E-state index contributed by atoms with van der Waals surface area (Å²) in [4.78, 5) is 22.3. The number of amides is 2. The number of aliphatic carboxylic acids is 1. The van der Waals surface area contributed by atoms with E-state index >= 15 is 0 Å². The molecule has 116 valence electrons. The Hall–Kier alpha value is -1.51. The highest BCUT2D eigenvalue weighted by Crippen LogP contribution is 2.30. The Kier molecular flexibility index (Phi) is 4.85. The van der Waals surface area contributed by atoms with Gasteiger partial charge in [0.15, 0.2) is 0 Å². The summed E-state index contributed by atoms with van der Waals surface area (Å²) in [5.74, 6) is -2.17. The van der Waals surface area contributed by atoms with E-state index in [0.717, 1.165) is 0 Å². The van der Waals surface area contributed by atoms with Gasteiger partial charge in [-0.25, -0.2) is 9.59 Å². The van der Waals surface area contributed by atoms with E-state index in [1.165, 1.54) is 12.4 Å². The summed E-state index contributed by atoms with van der Waals surface area (Å²) in [6.45, 7) is 0.404. The fourth-order valence-electron chi connectivity index (χ4n) is 1.98. The number of hydrogen-bond acceptors (Lipinski definition) is 3. The third kappa shape index (κ3) is 3.53. The van der Waals surface area contributed by atoms with Crippen LogP contribution in [0.25, 0.3) is 0 Å². The minimum absolute atomic E-state index is 0.0474. The first-order valence-electron chi connectivity index (χ1n) is 6.01. The van der Waals surface area contributed by atoms with Crippen LogP contribution < -0.4 is 10.6 Å². The topological polar surface area (TPSA) is 87.7 Å². The minimum Gasteiger partial charge on any atom is -0.479 e. The summed E-state index contributed by atoms with van der Waals surface area (Å²) < 4.78 is 43.2. The summed E-state index contributed by atoms with van der Waals surface area (Å²) in [5, 5.41) is 12.5. The van der Waals surface area contributed by atoms with Crippen molar-refractivity contribution in [3.63, 3.8) is 0 Å². The summed E-state index contributed by atoms with van der Waals surface area (Å²) in [6, 6.07) is -1.49. The number of carboxylic acid groups (broad SMARTS) is 1. The van der Waals surface area contributed by atoms with Crippen molar-refractivity contribution in [1.29, 1.82) is 0 Å². The minimum atomic E-state index is -5.10. The van der Waals surface area contributed by atoms with Crippen LogP contribution in [0.5, 0.6) is 0 Å². The summed E-state index contributed by atoms with van der Waals surface area (Å²) in [6.07, 6.45) is -3.40. The van der Waals surface area contributed by atoms with Crippen LogP contribution >= 0.6 is 0 Å². The molecule has 9 heteroatoms. The first-order chi connectivity index (χ1) is 9.10. The summed E-state index contributed by atoms with van der Waals surface area (Å²) in [7, 11) is 1.51. The predicted molar refractivity (Wildman–Crippen MR) is 62.2 cm³/mol. The van der Waals surface area contributed by atoms with Crippen LogP contribution in [0, 0.1) is 0 Å². The molecule has 3 unspecified atom stereocenters. The molecular weight excluding hydrogens is 281 g/mol. The zero-order valence-electron chi connectivity index (χ0n) is 11.1. The van der Waals surface area contributed by atoms with Crippen molar-refractivity contribution in [2.24, 2.45) is 0 Å². The smallest absolute Gasteiger partial charge is 0.422 e. The van der Waals surface area contributed by atoms with Crippen LogP contribution in [-0.4, -0.2) is 48.1 Å². The zero-order chi connectivity index (χ0) is 15.6. The quantitative estimate of drug-likeness (QED) is 0.729. The fraction of sp³-hybridized carbons (Fsp3) is 0.818. The molecule has 0 aromatic carbocycles. The van der Waals surface area contributed by atoms with Gasteiger partial charge in [0.1, 0.15) is 0 Å². The van der Waals surface area contributed by atoms with E-state index in [4.69, 9.17) is 9.84 Å². The SMILES string of the molecule is COC1CCC(NC(=O)NC(C)(C(=O)O)C(F)(F)F)C1. The number of methoxy groups -OCH3 is 1. The van der Waals surface area contributed by atoms with Gasteiger partial charge in [-0.1, -0.05) is 0 Å². The lowest BCUT2D eigenvalue weighted by Crippen LogP contribution is -2.64. The maximum absolute atomic E-state index is 12.7. The maximum atomic E-state index is 12.7. The van der Waals surface area contributed by atoms with E-state index in [2.05, 4.69) is 5.32 Å². The largest absolute Gasteiger partial charge is 0.479 e. The molecule has 1 saturated carbocycles. The van der Waals surface area contributed by atoms with Crippen molar-refractivity contribution in [2.75, 3.05) is 7.11 Å². The maximum Gasteiger partial charge on any atom is 0.422 e. The number of carbonyl (C=O) groups excluding carboxylic acids is 1. The number of carboxylic acids is 1. The van der Waals surface area contributed by atoms with Crippen LogP contribution in [0.15, 0.2) is 0 Å². The van der Waals surface area contributed by atoms with E-state index in [0.29, 0.717) is 26.2 Å². The van der Waals surface area contributed by atoms with E-state index in [-0.39, 0.29) is 12.1 Å². The van der Waals surface area contributed by atoms with Gasteiger partial charge in [0.2, 0.25) is 5.54 Å². The Balaban J connectivity index is 2.63. The molecule has 1 rings (SSSR count). The van der Waals surface area contributed by atoms with E-state index in [1.54, 1.807) is 0 Å². The van der Waals surface area contributed by atoms with Gasteiger partial charge in [0, 0.05) is 13.2 Å². The Morgan fingerprint density at radius 1 is 1.30 bits per heavy atom. The number of halogens is 3. The number of ether oxygens (including phenoxy) is 1. The number of hydrogen-bond donors (Lipinski definition) is 3. The second-order valence-electron chi connectivity index (χ2n) is 4.89. The molecule has 1 aliphatic rings. The fourth-order valence-corrected chi connectivity index (χ4v) is 1.98. The van der Waals surface area contributed by atoms with E-state index < -0.39 is 23.7 Å². The van der Waals surface area contributed by atoms with Gasteiger partial charge in [-0.2, -0.15) is 13.2 Å². The summed E-state index contributed by atoms with van der Waals surface area (Å²) in [5.41, 5.74) is -3.32. The van der Waals surface area contributed by atoms with Crippen LogP contribution in [0.2, 0.25) is 0 Å². The molecule has 2 amide bonds. The van der Waals surface area contributed by atoms with Gasteiger partial charge in [-0.05, 0) is 26.2 Å². The zero-order valence-corrected chi connectivity index (χ0v) is 11.1. The van der Waals surface area contributed by atoms with E-state index in [1.807, 2.05) is 0 Å². The molecule has 1 fully saturated rings. The Morgan fingerprint density at radius 3 is 2.30 bits per heavy atom. The Bertz CT molecular complexity index is 388. The molecule has 0 aromatic heterocycles. The molecule has 0 spiro atoms. The summed E-state index contributed by atoms with van der Waals surface area (Å²) >= 11 is 0. The van der Waals surface area contributed by atoms with Gasteiger partial charge in [0.25, 0.3) is 0 Å². The monoisotopic (exact) mass is 298 g/mol. The molecule has 0 bridgehead atoms. The first kappa shape index (κ1) is 16.5. The number of nitrogens with one attached hydrogen (secondary N) is 2. The first-order valence-corrected chi connectivity index (χ1v) is 6.01. The van der Waals surface area contributed by atoms with Gasteiger partial charge in [0.05, 0.1) is 6.10 Å². The van der Waals surface area contributed by atoms with E-state index in [9.17, 15) is 22.8 Å². The number of rotatable bonds is 4. The number of urea groups is 1. The Labute approximate surface area is 113 Å². The number of alkyl halides is 3. The second-order valence-corrected chi connectivity index (χ2v) is 4.89. The third-order valence-corrected chi connectivity index (χ3v) is 3.41. The lowest BCUT2D eigenvalue weighted by molar-refractivity contribution is -0.203. The van der Waals surface area contributed by atoms with Crippen LogP contribution in [0.3, 0.4) is 0 Å². The highest BCUT2D eigenvalue weighted by atomic mass is 19.4. The van der Waals surface area contributed by atoms with Gasteiger partial charge in [-0.3, -0.25) is 0 Å². The standard InChI is InChI=1S/C11H17F3N2O4/c1-10(8(17)18,11(12,13)14)16-9(19)15-6-3-4-7(5-6)20-2/h6-7H,3-5H2,1-2H3,(H,17,18)(H2,15,16,19). The molecule has 0 aliphatic heterocycles. The lowest BCUT2D eigenvalue weighted by Gasteiger charge is -2.29. The van der Waals surface area contributed by atoms with Crippen LogP contribution in [-0.2, 0) is 9.53 Å². The molecular formula is C11H17F3N2O4. The Morgan fingerprint density at radius 2 is 1.90 bits per heavy atom. The van der Waals surface area contributed by atoms with Crippen LogP contribution in [0.4, 0.5) is 18.0 Å². The average molecular weight is 298 g/mol. The molecule has 0 radical (unpaired) electrons. The highest BCUT2D eigenvalue weighted by molar-refractivity contribution is 5.86. The van der Waals surface area contributed by atoms with Gasteiger partial charge in [-0.15, -0.1) is 0 Å². The molecule has 3 N–H and O–H groups in total. The third-order valence-electron chi connectivity index (χ3n) is 3.41. The molecule has 0 saturated heterocycles. The molecule has 0 heterocycles.